The van der Waals surface area contributed by atoms with E-state index in [-0.39, 0.29) is 5.84 Å². The molecule has 0 aliphatic rings. The van der Waals surface area contributed by atoms with Gasteiger partial charge in [0.2, 0.25) is 0 Å². The zero-order chi connectivity index (χ0) is 11.3. The molecule has 3 nitrogen and oxygen atoms in total. The number of amidine groups is 1. The molecular weight excluding hydrogens is 206 g/mol. The van der Waals surface area contributed by atoms with Gasteiger partial charge < -0.3 is 5.73 Å². The fraction of sp³-hybridized carbons (Fsp3) is 0.455. The van der Waals surface area contributed by atoms with Gasteiger partial charge in [-0.05, 0) is 30.7 Å². The molecule has 1 aromatic heterocycles. The van der Waals surface area contributed by atoms with E-state index in [2.05, 4.69) is 11.9 Å². The van der Waals surface area contributed by atoms with Crippen LogP contribution in [0.5, 0.6) is 0 Å². The molecule has 0 aliphatic carbocycles. The molecule has 15 heavy (non-hydrogen) atoms. The first-order chi connectivity index (χ1) is 7.16. The highest BCUT2D eigenvalue weighted by Gasteiger charge is 2.09. The molecule has 4 heteroatoms. The Kier molecular flexibility index (Phi) is 4.62. The summed E-state index contributed by atoms with van der Waals surface area (Å²) in [6.45, 7) is 4.12. The summed E-state index contributed by atoms with van der Waals surface area (Å²) in [5.41, 5.74) is 7.36. The first kappa shape index (κ1) is 12.0. The third-order valence-electron chi connectivity index (χ3n) is 2.13. The minimum Gasteiger partial charge on any atom is -0.384 e. The van der Waals surface area contributed by atoms with Crippen molar-refractivity contribution in [1.29, 1.82) is 5.41 Å². The quantitative estimate of drug-likeness (QED) is 0.349. The summed E-state index contributed by atoms with van der Waals surface area (Å²) in [6.07, 6.45) is 4.11. The zero-order valence-electron chi connectivity index (χ0n) is 9.21. The van der Waals surface area contributed by atoms with Crippen LogP contribution in [0.15, 0.2) is 17.3 Å². The van der Waals surface area contributed by atoms with Crippen LogP contribution in [0.3, 0.4) is 0 Å². The second-order valence-electron chi connectivity index (χ2n) is 3.42. The minimum absolute atomic E-state index is 0.111. The molecule has 0 saturated carbocycles. The number of aryl methyl sites for hydroxylation is 1. The summed E-state index contributed by atoms with van der Waals surface area (Å²) in [5, 5.41) is 8.41. The molecule has 0 spiro atoms. The summed E-state index contributed by atoms with van der Waals surface area (Å²) in [4.78, 5) is 4.27. The Hall–Kier alpha value is -1.03. The highest BCUT2D eigenvalue weighted by Crippen LogP contribution is 2.23. The predicted molar refractivity (Wildman–Crippen MR) is 65.6 cm³/mol. The highest BCUT2D eigenvalue weighted by molar-refractivity contribution is 7.99. The number of nitrogens with two attached hydrogens (primary N) is 1. The van der Waals surface area contributed by atoms with Crippen LogP contribution in [0.1, 0.15) is 30.9 Å². The number of rotatable bonds is 5. The largest absolute Gasteiger partial charge is 0.384 e. The van der Waals surface area contributed by atoms with Gasteiger partial charge in [0.15, 0.2) is 0 Å². The molecular formula is C11H17N3S. The maximum Gasteiger partial charge on any atom is 0.125 e. The first-order valence-corrected chi connectivity index (χ1v) is 6.08. The summed E-state index contributed by atoms with van der Waals surface area (Å²) < 4.78 is 0. The van der Waals surface area contributed by atoms with Crippen LogP contribution in [-0.4, -0.2) is 16.6 Å². The van der Waals surface area contributed by atoms with E-state index in [0.29, 0.717) is 0 Å². The van der Waals surface area contributed by atoms with Crippen molar-refractivity contribution in [3.05, 3.63) is 23.4 Å². The van der Waals surface area contributed by atoms with Gasteiger partial charge in [0.1, 0.15) is 10.9 Å². The van der Waals surface area contributed by atoms with Gasteiger partial charge in [0.25, 0.3) is 0 Å². The van der Waals surface area contributed by atoms with Gasteiger partial charge in [-0.25, -0.2) is 4.98 Å². The van der Waals surface area contributed by atoms with Gasteiger partial charge in [-0.15, -0.1) is 11.8 Å². The van der Waals surface area contributed by atoms with E-state index in [1.807, 2.05) is 13.0 Å². The normalized spacial score (nSPS) is 10.3. The number of unbranched alkanes of at least 4 members (excludes halogenated alkanes) is 1. The van der Waals surface area contributed by atoms with Gasteiger partial charge >= 0.3 is 0 Å². The molecule has 0 unspecified atom stereocenters. The second kappa shape index (κ2) is 5.75. The third-order valence-corrected chi connectivity index (χ3v) is 3.21. The molecule has 0 bridgehead atoms. The first-order valence-electron chi connectivity index (χ1n) is 5.09. The Morgan fingerprint density at radius 3 is 2.93 bits per heavy atom. The van der Waals surface area contributed by atoms with Gasteiger partial charge in [0.05, 0.1) is 5.56 Å². The molecule has 1 heterocycles. The van der Waals surface area contributed by atoms with Crippen LogP contribution in [0.4, 0.5) is 0 Å². The van der Waals surface area contributed by atoms with Crippen LogP contribution in [0.2, 0.25) is 0 Å². The van der Waals surface area contributed by atoms with Gasteiger partial charge in [-0.2, -0.15) is 0 Å². The van der Waals surface area contributed by atoms with Crippen LogP contribution < -0.4 is 5.73 Å². The lowest BCUT2D eigenvalue weighted by Crippen LogP contribution is -2.15. The maximum atomic E-state index is 7.52. The minimum atomic E-state index is 0.111. The predicted octanol–water partition coefficient (Wildman–Crippen LogP) is 2.57. The average molecular weight is 223 g/mol. The second-order valence-corrected chi connectivity index (χ2v) is 4.51. The van der Waals surface area contributed by atoms with Crippen LogP contribution in [0, 0.1) is 12.3 Å². The number of pyridine rings is 1. The molecule has 0 amide bonds. The molecule has 0 aliphatic heterocycles. The third kappa shape index (κ3) is 3.23. The van der Waals surface area contributed by atoms with E-state index in [0.717, 1.165) is 28.3 Å². The summed E-state index contributed by atoms with van der Waals surface area (Å²) in [5.74, 6) is 1.15. The number of nitrogen functional groups attached to an aromatic ring is 1. The zero-order valence-corrected chi connectivity index (χ0v) is 10.0. The number of thioether (sulfide) groups is 1. The van der Waals surface area contributed by atoms with E-state index >= 15 is 0 Å². The van der Waals surface area contributed by atoms with Crippen LogP contribution >= 0.6 is 11.8 Å². The van der Waals surface area contributed by atoms with Crippen LogP contribution in [-0.2, 0) is 0 Å². The van der Waals surface area contributed by atoms with E-state index < -0.39 is 0 Å². The van der Waals surface area contributed by atoms with Crippen molar-refractivity contribution in [2.24, 2.45) is 5.73 Å². The van der Waals surface area contributed by atoms with Gasteiger partial charge in [-0.1, -0.05) is 13.3 Å². The van der Waals surface area contributed by atoms with E-state index in [4.69, 9.17) is 11.1 Å². The Bertz CT molecular complexity index is 350. The fourth-order valence-corrected chi connectivity index (χ4v) is 2.46. The van der Waals surface area contributed by atoms with Crippen molar-refractivity contribution in [2.75, 3.05) is 5.75 Å². The molecule has 3 N–H and O–H groups in total. The number of hydrogen-bond donors (Lipinski definition) is 2. The Morgan fingerprint density at radius 1 is 1.60 bits per heavy atom. The van der Waals surface area contributed by atoms with Crippen LogP contribution in [0.25, 0.3) is 0 Å². The molecule has 82 valence electrons. The number of aromatic nitrogens is 1. The molecule has 0 fully saturated rings. The summed E-state index contributed by atoms with van der Waals surface area (Å²) >= 11 is 1.68. The molecule has 1 aromatic rings. The van der Waals surface area contributed by atoms with Crippen molar-refractivity contribution in [3.8, 4) is 0 Å². The molecule has 1 rings (SSSR count). The summed E-state index contributed by atoms with van der Waals surface area (Å²) in [6, 6.07) is 1.89. The highest BCUT2D eigenvalue weighted by atomic mass is 32.2. The summed E-state index contributed by atoms with van der Waals surface area (Å²) in [7, 11) is 0. The number of nitrogens with one attached hydrogen (secondary N) is 1. The monoisotopic (exact) mass is 223 g/mol. The van der Waals surface area contributed by atoms with Gasteiger partial charge in [-0.3, -0.25) is 5.41 Å². The number of nitrogens with zero attached hydrogens (tertiary/aromatic N) is 1. The van der Waals surface area contributed by atoms with Crippen molar-refractivity contribution in [1.82, 2.24) is 4.98 Å². The fourth-order valence-electron chi connectivity index (χ4n) is 1.28. The molecule has 0 saturated heterocycles. The smallest absolute Gasteiger partial charge is 0.125 e. The van der Waals surface area contributed by atoms with E-state index in [1.165, 1.54) is 6.42 Å². The molecule has 0 atom stereocenters. The lowest BCUT2D eigenvalue weighted by Gasteiger charge is -2.08. The molecule has 0 radical (unpaired) electrons. The van der Waals surface area contributed by atoms with Crippen molar-refractivity contribution < 1.29 is 0 Å². The lowest BCUT2D eigenvalue weighted by molar-refractivity contribution is 0.894. The van der Waals surface area contributed by atoms with Crippen molar-refractivity contribution in [3.63, 3.8) is 0 Å². The topological polar surface area (TPSA) is 62.8 Å². The van der Waals surface area contributed by atoms with Crippen molar-refractivity contribution >= 4 is 17.6 Å². The lowest BCUT2D eigenvalue weighted by atomic mass is 10.1. The number of hydrogen-bond acceptors (Lipinski definition) is 3. The average Bonchev–Trinajstić information content (AvgIpc) is 2.17. The van der Waals surface area contributed by atoms with E-state index in [9.17, 15) is 0 Å². The standard InChI is InChI=1S/C11H17N3S/c1-3-4-7-15-11-9(10(12)13)8(2)5-6-14-11/h5-6H,3-4,7H2,1-2H3,(H3,12,13). The Labute approximate surface area is 95.0 Å². The Morgan fingerprint density at radius 2 is 2.33 bits per heavy atom. The SMILES string of the molecule is CCCCSc1nccc(C)c1C(=N)N. The van der Waals surface area contributed by atoms with E-state index in [1.54, 1.807) is 18.0 Å². The van der Waals surface area contributed by atoms with Gasteiger partial charge in [0, 0.05) is 6.20 Å². The Balaban J connectivity index is 2.86. The maximum absolute atomic E-state index is 7.52. The van der Waals surface area contributed by atoms with Crippen molar-refractivity contribution in [2.45, 2.75) is 31.7 Å². The molecule has 0 aromatic carbocycles.